The molecule has 0 bridgehead atoms. The Kier molecular flexibility index (Phi) is 6.63. The highest BCUT2D eigenvalue weighted by Gasteiger charge is 2.27. The van der Waals surface area contributed by atoms with Gasteiger partial charge in [-0.15, -0.1) is 0 Å². The first-order valence-electron chi connectivity index (χ1n) is 8.31. The van der Waals surface area contributed by atoms with Crippen LogP contribution in [-0.4, -0.2) is 16.7 Å². The molecule has 0 aliphatic carbocycles. The molecule has 4 N–H and O–H groups in total. The molecule has 2 aromatic rings. The standard InChI is InChI=1S/C20H21N5OS/c1-12-7-4-5-10-15(12)16(11-21)18(24-25-20(22)27)19(26)23-17-13(2)8-6-9-14(17)3/h4-10,16H,1-3H3,(H,23,26)(H3,22,25,27). The van der Waals surface area contributed by atoms with E-state index in [0.717, 1.165) is 16.7 Å². The van der Waals surface area contributed by atoms with Crippen molar-refractivity contribution in [1.82, 2.24) is 5.43 Å². The maximum atomic E-state index is 13.0. The number of amides is 1. The summed E-state index contributed by atoms with van der Waals surface area (Å²) in [5.74, 6) is -1.37. The van der Waals surface area contributed by atoms with Gasteiger partial charge in [-0.25, -0.2) is 0 Å². The summed E-state index contributed by atoms with van der Waals surface area (Å²) in [6.07, 6.45) is 0. The van der Waals surface area contributed by atoms with E-state index < -0.39 is 11.8 Å². The van der Waals surface area contributed by atoms with Crippen LogP contribution in [0, 0.1) is 32.1 Å². The fourth-order valence-corrected chi connectivity index (χ4v) is 2.79. The van der Waals surface area contributed by atoms with E-state index in [1.54, 1.807) is 6.07 Å². The number of nitriles is 1. The molecule has 1 amide bonds. The zero-order valence-electron chi connectivity index (χ0n) is 15.4. The molecule has 1 unspecified atom stereocenters. The minimum absolute atomic E-state index is 0.0118. The number of benzene rings is 2. The normalized spacial score (nSPS) is 12.0. The van der Waals surface area contributed by atoms with Crippen LogP contribution in [0.15, 0.2) is 47.6 Å². The van der Waals surface area contributed by atoms with E-state index in [4.69, 9.17) is 18.0 Å². The van der Waals surface area contributed by atoms with Crippen molar-refractivity contribution in [1.29, 1.82) is 5.26 Å². The van der Waals surface area contributed by atoms with Gasteiger partial charge in [0, 0.05) is 5.69 Å². The minimum Gasteiger partial charge on any atom is -0.375 e. The van der Waals surface area contributed by atoms with Crippen molar-refractivity contribution in [2.24, 2.45) is 10.8 Å². The summed E-state index contributed by atoms with van der Waals surface area (Å²) in [4.78, 5) is 13.0. The number of carbonyl (C=O) groups is 1. The summed E-state index contributed by atoms with van der Waals surface area (Å²) >= 11 is 4.78. The first-order valence-corrected chi connectivity index (χ1v) is 8.71. The van der Waals surface area contributed by atoms with Crippen LogP contribution in [0.2, 0.25) is 0 Å². The molecule has 2 rings (SSSR count). The second kappa shape index (κ2) is 8.92. The van der Waals surface area contributed by atoms with Gasteiger partial charge in [-0.1, -0.05) is 42.5 Å². The Labute approximate surface area is 164 Å². The van der Waals surface area contributed by atoms with Gasteiger partial charge in [-0.3, -0.25) is 10.2 Å². The number of carbonyl (C=O) groups excluding carboxylic acids is 1. The predicted octanol–water partition coefficient (Wildman–Crippen LogP) is 3.05. The third-order valence-corrected chi connectivity index (χ3v) is 4.23. The molecule has 0 aliphatic heterocycles. The van der Waals surface area contributed by atoms with Crippen molar-refractivity contribution >= 4 is 34.6 Å². The smallest absolute Gasteiger partial charge is 0.273 e. The van der Waals surface area contributed by atoms with Crippen LogP contribution in [0.1, 0.15) is 28.2 Å². The van der Waals surface area contributed by atoms with Gasteiger partial charge < -0.3 is 11.1 Å². The van der Waals surface area contributed by atoms with E-state index in [0.29, 0.717) is 11.3 Å². The predicted molar refractivity (Wildman–Crippen MR) is 111 cm³/mol. The fraction of sp³-hybridized carbons (Fsp3) is 0.200. The maximum absolute atomic E-state index is 13.0. The molecule has 0 saturated heterocycles. The van der Waals surface area contributed by atoms with Crippen molar-refractivity contribution in [2.75, 3.05) is 5.32 Å². The molecular formula is C20H21N5OS. The lowest BCUT2D eigenvalue weighted by molar-refractivity contribution is -0.110. The molecule has 6 nitrogen and oxygen atoms in total. The highest BCUT2D eigenvalue weighted by Crippen LogP contribution is 2.24. The van der Waals surface area contributed by atoms with E-state index in [-0.39, 0.29) is 10.8 Å². The SMILES string of the molecule is Cc1ccccc1C(C#N)C(=NNC(N)=S)C(=O)Nc1c(C)cccc1C. The Bertz CT molecular complexity index is 925. The van der Waals surface area contributed by atoms with Crippen molar-refractivity contribution in [2.45, 2.75) is 26.7 Å². The molecule has 7 heteroatoms. The molecule has 0 radical (unpaired) electrons. The Morgan fingerprint density at radius 2 is 1.70 bits per heavy atom. The first-order chi connectivity index (χ1) is 12.8. The van der Waals surface area contributed by atoms with E-state index in [1.165, 1.54) is 0 Å². The molecule has 0 fully saturated rings. The molecule has 0 heterocycles. The van der Waals surface area contributed by atoms with Gasteiger partial charge in [-0.2, -0.15) is 10.4 Å². The maximum Gasteiger partial charge on any atom is 0.273 e. The fourth-order valence-electron chi connectivity index (χ4n) is 2.74. The lowest BCUT2D eigenvalue weighted by Gasteiger charge is -2.17. The Morgan fingerprint density at radius 1 is 1.11 bits per heavy atom. The number of nitrogens with two attached hydrogens (primary N) is 1. The quantitative estimate of drug-likeness (QED) is 0.421. The molecule has 2 aromatic carbocycles. The molecular weight excluding hydrogens is 358 g/mol. The van der Waals surface area contributed by atoms with Gasteiger partial charge in [0.05, 0.1) is 6.07 Å². The molecule has 0 aliphatic rings. The minimum atomic E-state index is -0.877. The van der Waals surface area contributed by atoms with Crippen LogP contribution in [0.3, 0.4) is 0 Å². The van der Waals surface area contributed by atoms with Gasteiger partial charge >= 0.3 is 0 Å². The summed E-state index contributed by atoms with van der Waals surface area (Å²) in [5.41, 5.74) is 12.0. The number of hydrogen-bond acceptors (Lipinski definition) is 4. The van der Waals surface area contributed by atoms with E-state index in [1.807, 2.05) is 57.2 Å². The number of nitrogens with one attached hydrogen (secondary N) is 2. The Morgan fingerprint density at radius 3 is 2.26 bits per heavy atom. The lowest BCUT2D eigenvalue weighted by atomic mass is 9.91. The number of hydrazone groups is 1. The summed E-state index contributed by atoms with van der Waals surface area (Å²) in [6, 6.07) is 15.2. The number of nitrogens with zero attached hydrogens (tertiary/aromatic N) is 2. The van der Waals surface area contributed by atoms with Gasteiger partial charge in [0.1, 0.15) is 11.6 Å². The van der Waals surface area contributed by atoms with Crippen LogP contribution in [0.25, 0.3) is 0 Å². The van der Waals surface area contributed by atoms with Gasteiger partial charge in [-0.05, 0) is 55.2 Å². The second-order valence-corrected chi connectivity index (χ2v) is 6.55. The van der Waals surface area contributed by atoms with Crippen LogP contribution in [-0.2, 0) is 4.79 Å². The van der Waals surface area contributed by atoms with E-state index in [9.17, 15) is 10.1 Å². The average molecular weight is 379 g/mol. The highest BCUT2D eigenvalue weighted by molar-refractivity contribution is 7.80. The van der Waals surface area contributed by atoms with Crippen molar-refractivity contribution in [3.63, 3.8) is 0 Å². The van der Waals surface area contributed by atoms with Crippen molar-refractivity contribution < 1.29 is 4.79 Å². The van der Waals surface area contributed by atoms with Crippen LogP contribution in [0.4, 0.5) is 5.69 Å². The van der Waals surface area contributed by atoms with Gasteiger partial charge in [0.2, 0.25) is 0 Å². The number of anilines is 1. The van der Waals surface area contributed by atoms with Crippen LogP contribution >= 0.6 is 12.2 Å². The number of rotatable bonds is 5. The van der Waals surface area contributed by atoms with Crippen LogP contribution in [0.5, 0.6) is 0 Å². The Hall–Kier alpha value is -3.24. The van der Waals surface area contributed by atoms with Crippen molar-refractivity contribution in [3.8, 4) is 6.07 Å². The summed E-state index contributed by atoms with van der Waals surface area (Å²) < 4.78 is 0. The number of para-hydroxylation sites is 1. The summed E-state index contributed by atoms with van der Waals surface area (Å²) in [5, 5.41) is 16.6. The van der Waals surface area contributed by atoms with Crippen LogP contribution < -0.4 is 16.5 Å². The molecule has 27 heavy (non-hydrogen) atoms. The number of aryl methyl sites for hydroxylation is 3. The third-order valence-electron chi connectivity index (χ3n) is 4.14. The second-order valence-electron chi connectivity index (χ2n) is 6.11. The van der Waals surface area contributed by atoms with E-state index in [2.05, 4.69) is 21.9 Å². The highest BCUT2D eigenvalue weighted by atomic mass is 32.1. The number of thiocarbonyl (C=S) groups is 1. The topological polar surface area (TPSA) is 103 Å². The third kappa shape index (κ3) is 4.90. The van der Waals surface area contributed by atoms with Crippen molar-refractivity contribution in [3.05, 3.63) is 64.7 Å². The summed E-state index contributed by atoms with van der Waals surface area (Å²) in [6.45, 7) is 5.67. The number of hydrogen-bond donors (Lipinski definition) is 3. The molecule has 0 aromatic heterocycles. The van der Waals surface area contributed by atoms with E-state index >= 15 is 0 Å². The van der Waals surface area contributed by atoms with Gasteiger partial charge in [0.25, 0.3) is 5.91 Å². The first kappa shape index (κ1) is 20.1. The zero-order chi connectivity index (χ0) is 20.0. The molecule has 0 spiro atoms. The monoisotopic (exact) mass is 379 g/mol. The summed E-state index contributed by atoms with van der Waals surface area (Å²) in [7, 11) is 0. The lowest BCUT2D eigenvalue weighted by Crippen LogP contribution is -2.33. The molecule has 0 saturated carbocycles. The molecule has 138 valence electrons. The molecule has 1 atom stereocenters. The Balaban J connectivity index is 2.46. The largest absolute Gasteiger partial charge is 0.375 e. The van der Waals surface area contributed by atoms with Gasteiger partial charge in [0.15, 0.2) is 5.11 Å². The zero-order valence-corrected chi connectivity index (χ0v) is 16.2. The average Bonchev–Trinajstić information content (AvgIpc) is 2.62.